The van der Waals surface area contributed by atoms with E-state index in [1.807, 2.05) is 18.2 Å². The van der Waals surface area contributed by atoms with Gasteiger partial charge in [-0.1, -0.05) is 22.0 Å². The molecule has 0 aliphatic carbocycles. The first-order valence-electron chi connectivity index (χ1n) is 4.74. The molecule has 0 radical (unpaired) electrons. The molecule has 0 aliphatic heterocycles. The Hall–Kier alpha value is -1.33. The van der Waals surface area contributed by atoms with Crippen molar-refractivity contribution in [2.45, 2.75) is 6.04 Å². The van der Waals surface area contributed by atoms with E-state index in [0.717, 1.165) is 20.9 Å². The largest absolute Gasteiger partial charge is 0.468 e. The average Bonchev–Trinajstić information content (AvgIpc) is 2.72. The summed E-state index contributed by atoms with van der Waals surface area (Å²) < 4.78 is 5.53. The molecule has 0 saturated carbocycles. The number of rotatable bonds is 2. The van der Waals surface area contributed by atoms with E-state index in [1.165, 1.54) is 7.11 Å². The number of methoxy groups -OCH3 is 1. The van der Waals surface area contributed by atoms with E-state index < -0.39 is 12.0 Å². The summed E-state index contributed by atoms with van der Waals surface area (Å²) in [7, 11) is 1.33. The standard InChI is InChI=1S/C11H11BrN2O2/c1-16-11(15)10(13)6-5-14-8-4-2-3-7(12)9(6)8/h2-5,10,14H,13H2,1H3. The molecule has 5 heteroatoms. The molecule has 1 unspecified atom stereocenters. The molecule has 2 rings (SSSR count). The third-order valence-electron chi connectivity index (χ3n) is 2.48. The van der Waals surface area contributed by atoms with Crippen molar-refractivity contribution in [3.63, 3.8) is 0 Å². The van der Waals surface area contributed by atoms with Gasteiger partial charge in [0.25, 0.3) is 0 Å². The van der Waals surface area contributed by atoms with Crippen LogP contribution in [0.15, 0.2) is 28.9 Å². The summed E-state index contributed by atoms with van der Waals surface area (Å²) in [6.45, 7) is 0. The van der Waals surface area contributed by atoms with Gasteiger partial charge in [-0.2, -0.15) is 0 Å². The lowest BCUT2D eigenvalue weighted by Crippen LogP contribution is -2.22. The highest BCUT2D eigenvalue weighted by molar-refractivity contribution is 9.10. The van der Waals surface area contributed by atoms with E-state index in [2.05, 4.69) is 25.7 Å². The predicted molar refractivity (Wildman–Crippen MR) is 64.9 cm³/mol. The number of nitrogens with one attached hydrogen (secondary N) is 1. The first-order chi connectivity index (χ1) is 7.65. The number of benzene rings is 1. The van der Waals surface area contributed by atoms with Crippen molar-refractivity contribution in [3.8, 4) is 0 Å². The molecular weight excluding hydrogens is 272 g/mol. The van der Waals surface area contributed by atoms with Crippen LogP contribution < -0.4 is 5.73 Å². The lowest BCUT2D eigenvalue weighted by molar-refractivity contribution is -0.142. The van der Waals surface area contributed by atoms with Gasteiger partial charge in [-0.25, -0.2) is 0 Å². The highest BCUT2D eigenvalue weighted by atomic mass is 79.9. The van der Waals surface area contributed by atoms with Crippen molar-refractivity contribution in [1.82, 2.24) is 4.98 Å². The summed E-state index contributed by atoms with van der Waals surface area (Å²) in [6, 6.07) is 4.98. The Balaban J connectivity index is 2.57. The van der Waals surface area contributed by atoms with Crippen LogP contribution in [0.25, 0.3) is 10.9 Å². The van der Waals surface area contributed by atoms with Gasteiger partial charge in [0.2, 0.25) is 0 Å². The smallest absolute Gasteiger partial charge is 0.327 e. The van der Waals surface area contributed by atoms with Crippen molar-refractivity contribution in [1.29, 1.82) is 0 Å². The second kappa shape index (κ2) is 4.27. The second-order valence-electron chi connectivity index (χ2n) is 3.41. The number of H-pyrrole nitrogens is 1. The van der Waals surface area contributed by atoms with E-state index in [0.29, 0.717) is 0 Å². The number of hydrogen-bond donors (Lipinski definition) is 2. The number of ether oxygens (including phenoxy) is 1. The number of nitrogens with two attached hydrogens (primary N) is 1. The minimum atomic E-state index is -0.766. The monoisotopic (exact) mass is 282 g/mol. The zero-order valence-electron chi connectivity index (χ0n) is 8.66. The molecule has 0 aliphatic rings. The van der Waals surface area contributed by atoms with Crippen LogP contribution in [-0.4, -0.2) is 18.1 Å². The van der Waals surface area contributed by atoms with Crippen molar-refractivity contribution in [3.05, 3.63) is 34.4 Å². The van der Waals surface area contributed by atoms with Crippen LogP contribution in [0.2, 0.25) is 0 Å². The van der Waals surface area contributed by atoms with Gasteiger partial charge >= 0.3 is 5.97 Å². The molecule has 1 aromatic carbocycles. The van der Waals surface area contributed by atoms with E-state index in [1.54, 1.807) is 6.20 Å². The Labute approximate surface area is 101 Å². The summed E-state index contributed by atoms with van der Waals surface area (Å²) in [5.41, 5.74) is 7.48. The Bertz CT molecular complexity index is 536. The van der Waals surface area contributed by atoms with Gasteiger partial charge in [0.15, 0.2) is 0 Å². The fraction of sp³-hybridized carbons (Fsp3) is 0.182. The zero-order valence-corrected chi connectivity index (χ0v) is 10.2. The van der Waals surface area contributed by atoms with Crippen LogP contribution in [0, 0.1) is 0 Å². The number of halogens is 1. The molecular formula is C11H11BrN2O2. The van der Waals surface area contributed by atoms with Crippen LogP contribution in [0.3, 0.4) is 0 Å². The van der Waals surface area contributed by atoms with Gasteiger partial charge in [-0.3, -0.25) is 4.79 Å². The fourth-order valence-electron chi connectivity index (χ4n) is 1.66. The number of aromatic nitrogens is 1. The lowest BCUT2D eigenvalue weighted by atomic mass is 10.1. The van der Waals surface area contributed by atoms with Gasteiger partial charge in [-0.05, 0) is 12.1 Å². The molecule has 1 heterocycles. The summed E-state index contributed by atoms with van der Waals surface area (Å²) in [4.78, 5) is 14.5. The molecule has 1 atom stereocenters. The molecule has 0 amide bonds. The molecule has 0 saturated heterocycles. The number of carbonyl (C=O) groups excluding carboxylic acids is 1. The third kappa shape index (κ3) is 1.72. The Morgan fingerprint density at radius 2 is 2.31 bits per heavy atom. The van der Waals surface area contributed by atoms with Gasteiger partial charge in [-0.15, -0.1) is 0 Å². The molecule has 0 fully saturated rings. The van der Waals surface area contributed by atoms with Crippen molar-refractivity contribution in [2.75, 3.05) is 7.11 Å². The fourth-order valence-corrected chi connectivity index (χ4v) is 2.26. The maximum atomic E-state index is 11.4. The van der Waals surface area contributed by atoms with E-state index >= 15 is 0 Å². The molecule has 0 spiro atoms. The first kappa shape index (κ1) is 11.2. The predicted octanol–water partition coefficient (Wildman–Crippen LogP) is 2.10. The number of hydrogen-bond acceptors (Lipinski definition) is 3. The normalized spacial score (nSPS) is 12.7. The number of aromatic amines is 1. The van der Waals surface area contributed by atoms with Crippen LogP contribution >= 0.6 is 15.9 Å². The molecule has 16 heavy (non-hydrogen) atoms. The van der Waals surface area contributed by atoms with Crippen molar-refractivity contribution >= 4 is 32.8 Å². The van der Waals surface area contributed by atoms with Gasteiger partial charge in [0.1, 0.15) is 6.04 Å². The quantitative estimate of drug-likeness (QED) is 0.829. The van der Waals surface area contributed by atoms with Crippen molar-refractivity contribution in [2.24, 2.45) is 5.73 Å². The summed E-state index contributed by atoms with van der Waals surface area (Å²) in [5.74, 6) is -0.448. The summed E-state index contributed by atoms with van der Waals surface area (Å²) in [5, 5.41) is 0.917. The lowest BCUT2D eigenvalue weighted by Gasteiger charge is -2.08. The minimum Gasteiger partial charge on any atom is -0.468 e. The van der Waals surface area contributed by atoms with E-state index in [9.17, 15) is 4.79 Å². The first-order valence-corrected chi connectivity index (χ1v) is 5.53. The third-order valence-corrected chi connectivity index (χ3v) is 3.14. The molecule has 4 nitrogen and oxygen atoms in total. The average molecular weight is 283 g/mol. The Morgan fingerprint density at radius 1 is 1.56 bits per heavy atom. The van der Waals surface area contributed by atoms with Crippen LogP contribution in [0.1, 0.15) is 11.6 Å². The summed E-state index contributed by atoms with van der Waals surface area (Å²) >= 11 is 3.44. The van der Waals surface area contributed by atoms with E-state index in [4.69, 9.17) is 5.73 Å². The molecule has 0 bridgehead atoms. The highest BCUT2D eigenvalue weighted by Crippen LogP contribution is 2.30. The van der Waals surface area contributed by atoms with Gasteiger partial charge in [0.05, 0.1) is 7.11 Å². The summed E-state index contributed by atoms with van der Waals surface area (Å²) in [6.07, 6.45) is 1.73. The van der Waals surface area contributed by atoms with Crippen LogP contribution in [0.4, 0.5) is 0 Å². The molecule has 84 valence electrons. The molecule has 3 N–H and O–H groups in total. The highest BCUT2D eigenvalue weighted by Gasteiger charge is 2.20. The SMILES string of the molecule is COC(=O)C(N)c1c[nH]c2cccc(Br)c12. The molecule has 2 aromatic rings. The molecule has 1 aromatic heterocycles. The van der Waals surface area contributed by atoms with Crippen LogP contribution in [0.5, 0.6) is 0 Å². The number of fused-ring (bicyclic) bond motifs is 1. The Kier molecular flexibility index (Phi) is 2.98. The number of esters is 1. The van der Waals surface area contributed by atoms with E-state index in [-0.39, 0.29) is 0 Å². The topological polar surface area (TPSA) is 68.1 Å². The number of carbonyl (C=O) groups is 1. The van der Waals surface area contributed by atoms with Gasteiger partial charge in [0, 0.05) is 27.1 Å². The second-order valence-corrected chi connectivity index (χ2v) is 4.26. The van der Waals surface area contributed by atoms with Gasteiger partial charge < -0.3 is 15.5 Å². The maximum Gasteiger partial charge on any atom is 0.327 e. The van der Waals surface area contributed by atoms with Crippen molar-refractivity contribution < 1.29 is 9.53 Å². The Morgan fingerprint density at radius 3 is 3.00 bits per heavy atom. The maximum absolute atomic E-state index is 11.4. The minimum absolute atomic E-state index is 0.448. The zero-order chi connectivity index (χ0) is 11.7. The van der Waals surface area contributed by atoms with Crippen LogP contribution in [-0.2, 0) is 9.53 Å².